The van der Waals surface area contributed by atoms with Gasteiger partial charge in [0.05, 0.1) is 13.7 Å². The Bertz CT molecular complexity index is 544. The fourth-order valence-electron chi connectivity index (χ4n) is 1.55. The Kier molecular flexibility index (Phi) is 4.73. The van der Waals surface area contributed by atoms with E-state index in [1.165, 1.54) is 4.80 Å². The normalized spacial score (nSPS) is 10.5. The number of aryl methyl sites for hydroxylation is 1. The highest BCUT2D eigenvalue weighted by Gasteiger charge is 2.08. The van der Waals surface area contributed by atoms with Crippen LogP contribution in [0.25, 0.3) is 0 Å². The molecule has 2 rings (SSSR count). The first-order chi connectivity index (χ1) is 9.22. The molecule has 0 N–H and O–H groups in total. The average Bonchev–Trinajstić information content (AvgIpc) is 2.83. The van der Waals surface area contributed by atoms with Crippen LogP contribution in [-0.4, -0.2) is 26.8 Å². The van der Waals surface area contributed by atoms with E-state index in [0.717, 1.165) is 16.6 Å². The van der Waals surface area contributed by atoms with Gasteiger partial charge in [-0.1, -0.05) is 22.0 Å². The molecule has 1 aromatic carbocycles. The molecule has 1 aromatic heterocycles. The molecule has 0 amide bonds. The van der Waals surface area contributed by atoms with Gasteiger partial charge in [0, 0.05) is 5.33 Å². The largest absolute Gasteiger partial charge is 0.490 e. The molecule has 7 heteroatoms. The molecule has 0 radical (unpaired) electrons. The molecular formula is C12H15BrN4O2. The van der Waals surface area contributed by atoms with Gasteiger partial charge in [-0.25, -0.2) is 0 Å². The predicted molar refractivity (Wildman–Crippen MR) is 73.4 cm³/mol. The van der Waals surface area contributed by atoms with Gasteiger partial charge < -0.3 is 9.47 Å². The molecule has 0 aliphatic rings. The van der Waals surface area contributed by atoms with Gasteiger partial charge in [0.1, 0.15) is 0 Å². The van der Waals surface area contributed by atoms with Crippen molar-refractivity contribution in [1.82, 2.24) is 20.2 Å². The first-order valence-electron chi connectivity index (χ1n) is 5.90. The molecule has 0 aliphatic heterocycles. The molecule has 0 unspecified atom stereocenters. The van der Waals surface area contributed by atoms with Crippen molar-refractivity contribution in [3.8, 4) is 11.5 Å². The van der Waals surface area contributed by atoms with Crippen LogP contribution in [0.4, 0.5) is 0 Å². The van der Waals surface area contributed by atoms with E-state index in [1.807, 2.05) is 25.1 Å². The predicted octanol–water partition coefficient (Wildman–Crippen LogP) is 2.08. The second kappa shape index (κ2) is 6.51. The maximum atomic E-state index is 5.67. The number of aromatic nitrogens is 4. The molecule has 6 nitrogen and oxygen atoms in total. The number of nitrogens with zero attached hydrogens (tertiary/aromatic N) is 4. The third-order valence-corrected chi connectivity index (χ3v) is 3.02. The Labute approximate surface area is 119 Å². The maximum absolute atomic E-state index is 5.67. The van der Waals surface area contributed by atoms with Gasteiger partial charge in [-0.3, -0.25) is 0 Å². The van der Waals surface area contributed by atoms with E-state index in [9.17, 15) is 0 Å². The lowest BCUT2D eigenvalue weighted by Gasteiger charge is -2.11. The van der Waals surface area contributed by atoms with Crippen molar-refractivity contribution in [2.24, 2.45) is 7.05 Å². The van der Waals surface area contributed by atoms with Crippen LogP contribution in [0, 0.1) is 0 Å². The lowest BCUT2D eigenvalue weighted by Crippen LogP contribution is -2.02. The van der Waals surface area contributed by atoms with Crippen LogP contribution in [0.3, 0.4) is 0 Å². The van der Waals surface area contributed by atoms with E-state index in [1.54, 1.807) is 7.05 Å². The van der Waals surface area contributed by atoms with Crippen molar-refractivity contribution in [1.29, 1.82) is 0 Å². The van der Waals surface area contributed by atoms with E-state index in [0.29, 0.717) is 18.2 Å². The highest BCUT2D eigenvalue weighted by Crippen LogP contribution is 2.29. The van der Waals surface area contributed by atoms with Gasteiger partial charge in [0.25, 0.3) is 0 Å². The SMILES string of the molecule is CCOc1cc(CBr)ccc1OCc1nnn(C)n1. The van der Waals surface area contributed by atoms with Crippen molar-refractivity contribution in [2.45, 2.75) is 18.9 Å². The van der Waals surface area contributed by atoms with Crippen molar-refractivity contribution >= 4 is 15.9 Å². The minimum atomic E-state index is 0.265. The second-order valence-corrected chi connectivity index (χ2v) is 4.39. The van der Waals surface area contributed by atoms with Crippen LogP contribution >= 0.6 is 15.9 Å². The van der Waals surface area contributed by atoms with Gasteiger partial charge in [-0.15, -0.1) is 10.2 Å². The summed E-state index contributed by atoms with van der Waals surface area (Å²) in [5.74, 6) is 1.94. The topological polar surface area (TPSA) is 62.1 Å². The third-order valence-electron chi connectivity index (χ3n) is 2.37. The Hall–Kier alpha value is -1.63. The van der Waals surface area contributed by atoms with Crippen LogP contribution in [-0.2, 0) is 19.0 Å². The Balaban J connectivity index is 2.10. The Morgan fingerprint density at radius 2 is 2.11 bits per heavy atom. The van der Waals surface area contributed by atoms with Crippen LogP contribution in [0.15, 0.2) is 18.2 Å². The van der Waals surface area contributed by atoms with Gasteiger partial charge in [-0.2, -0.15) is 4.80 Å². The molecular weight excluding hydrogens is 312 g/mol. The fourth-order valence-corrected chi connectivity index (χ4v) is 1.90. The third kappa shape index (κ3) is 3.66. The maximum Gasteiger partial charge on any atom is 0.212 e. The summed E-state index contributed by atoms with van der Waals surface area (Å²) in [5, 5.41) is 12.5. The number of ether oxygens (including phenoxy) is 2. The molecule has 0 saturated carbocycles. The first-order valence-corrected chi connectivity index (χ1v) is 7.02. The summed E-state index contributed by atoms with van der Waals surface area (Å²) in [6.07, 6.45) is 0. The number of alkyl halides is 1. The molecule has 102 valence electrons. The lowest BCUT2D eigenvalue weighted by molar-refractivity contribution is 0.263. The molecule has 0 saturated heterocycles. The van der Waals surface area contributed by atoms with Gasteiger partial charge >= 0.3 is 0 Å². The molecule has 0 atom stereocenters. The smallest absolute Gasteiger partial charge is 0.212 e. The van der Waals surface area contributed by atoms with Crippen LogP contribution in [0.2, 0.25) is 0 Å². The summed E-state index contributed by atoms with van der Waals surface area (Å²) in [4.78, 5) is 1.40. The molecule has 0 bridgehead atoms. The number of hydrogen-bond donors (Lipinski definition) is 0. The minimum Gasteiger partial charge on any atom is -0.490 e. The Morgan fingerprint density at radius 3 is 2.74 bits per heavy atom. The number of hydrogen-bond acceptors (Lipinski definition) is 5. The number of tetrazole rings is 1. The molecule has 19 heavy (non-hydrogen) atoms. The van der Waals surface area contributed by atoms with E-state index in [2.05, 4.69) is 31.3 Å². The summed E-state index contributed by atoms with van der Waals surface area (Å²) in [5.41, 5.74) is 1.13. The summed E-state index contributed by atoms with van der Waals surface area (Å²) < 4.78 is 11.2. The quantitative estimate of drug-likeness (QED) is 0.760. The van der Waals surface area contributed by atoms with E-state index < -0.39 is 0 Å². The minimum absolute atomic E-state index is 0.265. The molecule has 0 fully saturated rings. The lowest BCUT2D eigenvalue weighted by atomic mass is 10.2. The van der Waals surface area contributed by atoms with Gasteiger partial charge in [-0.05, 0) is 29.8 Å². The Morgan fingerprint density at radius 1 is 1.26 bits per heavy atom. The second-order valence-electron chi connectivity index (χ2n) is 3.83. The van der Waals surface area contributed by atoms with Gasteiger partial charge in [0.2, 0.25) is 5.82 Å². The summed E-state index contributed by atoms with van der Waals surface area (Å²) in [6.45, 7) is 2.79. The van der Waals surface area contributed by atoms with E-state index in [4.69, 9.17) is 9.47 Å². The zero-order valence-electron chi connectivity index (χ0n) is 10.8. The number of halogens is 1. The number of rotatable bonds is 6. The van der Waals surface area contributed by atoms with E-state index in [-0.39, 0.29) is 6.61 Å². The molecule has 1 heterocycles. The molecule has 0 spiro atoms. The zero-order chi connectivity index (χ0) is 13.7. The standard InChI is InChI=1S/C12H15BrN4O2/c1-3-18-11-6-9(7-13)4-5-10(11)19-8-12-14-16-17(2)15-12/h4-6H,3,7-8H2,1-2H3. The zero-order valence-corrected chi connectivity index (χ0v) is 12.4. The number of benzene rings is 1. The van der Waals surface area contributed by atoms with E-state index >= 15 is 0 Å². The van der Waals surface area contributed by atoms with Gasteiger partial charge in [0.15, 0.2) is 18.1 Å². The summed E-state index contributed by atoms with van der Waals surface area (Å²) in [6, 6.07) is 5.83. The van der Waals surface area contributed by atoms with Crippen molar-refractivity contribution < 1.29 is 9.47 Å². The highest BCUT2D eigenvalue weighted by atomic mass is 79.9. The van der Waals surface area contributed by atoms with Crippen molar-refractivity contribution in [3.63, 3.8) is 0 Å². The highest BCUT2D eigenvalue weighted by molar-refractivity contribution is 9.08. The van der Waals surface area contributed by atoms with Crippen molar-refractivity contribution in [3.05, 3.63) is 29.6 Å². The van der Waals surface area contributed by atoms with Crippen LogP contribution in [0.5, 0.6) is 11.5 Å². The summed E-state index contributed by atoms with van der Waals surface area (Å²) >= 11 is 3.42. The fraction of sp³-hybridized carbons (Fsp3) is 0.417. The van der Waals surface area contributed by atoms with Crippen LogP contribution in [0.1, 0.15) is 18.3 Å². The monoisotopic (exact) mass is 326 g/mol. The first kappa shape index (κ1) is 13.8. The van der Waals surface area contributed by atoms with Crippen LogP contribution < -0.4 is 9.47 Å². The summed E-state index contributed by atoms with van der Waals surface area (Å²) in [7, 11) is 1.72. The molecule has 0 aliphatic carbocycles. The molecule has 2 aromatic rings. The average molecular weight is 327 g/mol. The van der Waals surface area contributed by atoms with Crippen molar-refractivity contribution in [2.75, 3.05) is 6.61 Å².